The molecule has 36 heavy (non-hydrogen) atoms. The first kappa shape index (κ1) is 24.7. The Hall–Kier alpha value is -2.97. The summed E-state index contributed by atoms with van der Waals surface area (Å²) in [6, 6.07) is 8.88. The van der Waals surface area contributed by atoms with Crippen LogP contribution in [0, 0.1) is 17.8 Å². The second-order valence-corrected chi connectivity index (χ2v) is 10.4. The third-order valence-electron chi connectivity index (χ3n) is 7.89. The van der Waals surface area contributed by atoms with Crippen molar-refractivity contribution in [3.63, 3.8) is 0 Å². The summed E-state index contributed by atoms with van der Waals surface area (Å²) in [7, 11) is 1.35. The van der Waals surface area contributed by atoms with Gasteiger partial charge in [0.15, 0.2) is 23.0 Å². The second kappa shape index (κ2) is 9.82. The van der Waals surface area contributed by atoms with Crippen molar-refractivity contribution in [2.75, 3.05) is 7.11 Å². The number of ether oxygens (including phenoxy) is 3. The summed E-state index contributed by atoms with van der Waals surface area (Å²) in [5.41, 5.74) is 2.03. The minimum absolute atomic E-state index is 0.0579. The van der Waals surface area contributed by atoms with Crippen LogP contribution in [0.25, 0.3) is 11.1 Å². The van der Waals surface area contributed by atoms with Gasteiger partial charge in [-0.2, -0.15) is 0 Å². The number of rotatable bonds is 6. The molecule has 2 saturated heterocycles. The smallest absolute Gasteiger partial charge is 0.340 e. The number of H-pyrrole nitrogens is 1. The number of ketones is 1. The number of aromatic amines is 1. The highest BCUT2D eigenvalue weighted by Gasteiger charge is 2.48. The van der Waals surface area contributed by atoms with Gasteiger partial charge in [0.05, 0.1) is 37.0 Å². The topological polar surface area (TPSA) is 104 Å². The Morgan fingerprint density at radius 1 is 1.14 bits per heavy atom. The van der Waals surface area contributed by atoms with Gasteiger partial charge in [-0.15, -0.1) is 0 Å². The Labute approximate surface area is 210 Å². The normalized spacial score (nSPS) is 29.3. The maximum absolute atomic E-state index is 13.1. The number of oxazole rings is 1. The van der Waals surface area contributed by atoms with Gasteiger partial charge in [-0.1, -0.05) is 26.8 Å². The zero-order chi connectivity index (χ0) is 25.4. The molecule has 2 aliphatic heterocycles. The zero-order valence-electron chi connectivity index (χ0n) is 21.3. The summed E-state index contributed by atoms with van der Waals surface area (Å²) >= 11 is 0. The summed E-state index contributed by atoms with van der Waals surface area (Å²) in [5, 5.41) is 0. The molecule has 2 aliphatic rings. The molecule has 1 aromatic carbocycles. The second-order valence-electron chi connectivity index (χ2n) is 10.4. The van der Waals surface area contributed by atoms with Crippen LogP contribution >= 0.6 is 0 Å². The molecule has 0 radical (unpaired) electrons. The molecule has 8 nitrogen and oxygen atoms in total. The number of carbonyl (C=O) groups is 2. The van der Waals surface area contributed by atoms with E-state index in [0.29, 0.717) is 34.7 Å². The van der Waals surface area contributed by atoms with E-state index in [-0.39, 0.29) is 35.7 Å². The number of para-hydroxylation sites is 1. The Balaban J connectivity index is 1.34. The number of fused-ring (bicyclic) bond motifs is 1. The quantitative estimate of drug-likeness (QED) is 0.365. The predicted octanol–water partition coefficient (Wildman–Crippen LogP) is 5.33. The third-order valence-corrected chi connectivity index (χ3v) is 7.89. The molecule has 1 N–H and O–H groups in total. The van der Waals surface area contributed by atoms with Gasteiger partial charge < -0.3 is 23.6 Å². The van der Waals surface area contributed by atoms with Crippen molar-refractivity contribution in [3.8, 4) is 0 Å². The fourth-order valence-corrected chi connectivity index (χ4v) is 5.63. The fourth-order valence-electron chi connectivity index (χ4n) is 5.63. The van der Waals surface area contributed by atoms with Crippen LogP contribution in [0.3, 0.4) is 0 Å². The van der Waals surface area contributed by atoms with Crippen molar-refractivity contribution < 1.29 is 28.2 Å². The molecule has 192 valence electrons. The Morgan fingerprint density at radius 3 is 2.64 bits per heavy atom. The van der Waals surface area contributed by atoms with Crippen molar-refractivity contribution in [1.29, 1.82) is 0 Å². The highest BCUT2D eigenvalue weighted by molar-refractivity contribution is 6.01. The van der Waals surface area contributed by atoms with Crippen LogP contribution in [0.1, 0.15) is 73.2 Å². The van der Waals surface area contributed by atoms with Gasteiger partial charge in [0.1, 0.15) is 5.52 Å². The van der Waals surface area contributed by atoms with Crippen LogP contribution in [0.2, 0.25) is 0 Å². The Kier molecular flexibility index (Phi) is 6.74. The van der Waals surface area contributed by atoms with Gasteiger partial charge in [0.25, 0.3) is 0 Å². The lowest BCUT2D eigenvalue weighted by atomic mass is 9.80. The van der Waals surface area contributed by atoms with Gasteiger partial charge in [0.2, 0.25) is 0 Å². The minimum atomic E-state index is -0.720. The number of hydrogen-bond acceptors (Lipinski definition) is 7. The van der Waals surface area contributed by atoms with Crippen LogP contribution in [-0.2, 0) is 20.6 Å². The number of hydrogen-bond donors (Lipinski definition) is 1. The van der Waals surface area contributed by atoms with E-state index in [1.165, 1.54) is 7.11 Å². The molecule has 4 heterocycles. The van der Waals surface area contributed by atoms with E-state index in [2.05, 4.69) is 23.8 Å². The lowest BCUT2D eigenvalue weighted by molar-refractivity contribution is -0.334. The molecule has 2 aromatic heterocycles. The van der Waals surface area contributed by atoms with Gasteiger partial charge in [-0.05, 0) is 48.9 Å². The summed E-state index contributed by atoms with van der Waals surface area (Å²) in [4.78, 5) is 32.8. The SMILES string of the molecule is COC(=O)c1cccc2oc(C[C@@H]3O[C@]4(CC[C@H](C)[C@H]([C@@H](C)C(=O)c5ccc[nH]5)O4)CC[C@@H]3C)nc12. The maximum atomic E-state index is 13.1. The summed E-state index contributed by atoms with van der Waals surface area (Å²) < 4.78 is 24.2. The molecule has 2 fully saturated rings. The lowest BCUT2D eigenvalue weighted by Gasteiger charge is -2.50. The highest BCUT2D eigenvalue weighted by Crippen LogP contribution is 2.45. The molecule has 0 unspecified atom stereocenters. The zero-order valence-corrected chi connectivity index (χ0v) is 21.3. The van der Waals surface area contributed by atoms with Gasteiger partial charge in [-0.3, -0.25) is 4.79 Å². The highest BCUT2D eigenvalue weighted by atomic mass is 16.7. The molecule has 0 bridgehead atoms. The van der Waals surface area contributed by atoms with Crippen LogP contribution < -0.4 is 0 Å². The van der Waals surface area contributed by atoms with E-state index >= 15 is 0 Å². The van der Waals surface area contributed by atoms with Gasteiger partial charge in [0, 0.05) is 25.0 Å². The monoisotopic (exact) mass is 494 g/mol. The first-order valence-corrected chi connectivity index (χ1v) is 12.8. The number of Topliss-reactive ketones (excluding diaryl/α,β-unsaturated/α-hetero) is 1. The van der Waals surface area contributed by atoms with E-state index in [1.807, 2.05) is 19.1 Å². The number of aromatic nitrogens is 2. The molecular formula is C28H34N2O6. The predicted molar refractivity (Wildman–Crippen MR) is 133 cm³/mol. The summed E-state index contributed by atoms with van der Waals surface area (Å²) in [5.74, 6) is -0.341. The molecule has 8 heteroatoms. The molecule has 0 saturated carbocycles. The Bertz CT molecular complexity index is 1230. The van der Waals surface area contributed by atoms with Crippen LogP contribution in [0.15, 0.2) is 40.9 Å². The molecule has 6 atom stereocenters. The number of nitrogens with zero attached hydrogens (tertiary/aromatic N) is 1. The number of carbonyl (C=O) groups excluding carboxylic acids is 2. The van der Waals surface area contributed by atoms with Crippen molar-refractivity contribution >= 4 is 22.9 Å². The van der Waals surface area contributed by atoms with Crippen molar-refractivity contribution in [1.82, 2.24) is 9.97 Å². The van der Waals surface area contributed by atoms with E-state index in [9.17, 15) is 9.59 Å². The van der Waals surface area contributed by atoms with E-state index in [1.54, 1.807) is 24.4 Å². The maximum Gasteiger partial charge on any atom is 0.340 e. The largest absolute Gasteiger partial charge is 0.465 e. The molecule has 5 rings (SSSR count). The average Bonchev–Trinajstić information content (AvgIpc) is 3.56. The number of methoxy groups -OCH3 is 1. The summed E-state index contributed by atoms with van der Waals surface area (Å²) in [6.45, 7) is 6.26. The van der Waals surface area contributed by atoms with Crippen LogP contribution in [-0.4, -0.2) is 46.8 Å². The van der Waals surface area contributed by atoms with Crippen molar-refractivity contribution in [2.45, 2.75) is 70.9 Å². The Morgan fingerprint density at radius 2 is 1.92 bits per heavy atom. The lowest BCUT2D eigenvalue weighted by Crippen LogP contribution is -2.54. The van der Waals surface area contributed by atoms with E-state index in [4.69, 9.17) is 18.6 Å². The average molecular weight is 495 g/mol. The first-order chi connectivity index (χ1) is 17.3. The third kappa shape index (κ3) is 4.60. The van der Waals surface area contributed by atoms with Crippen LogP contribution in [0.4, 0.5) is 0 Å². The van der Waals surface area contributed by atoms with Crippen LogP contribution in [0.5, 0.6) is 0 Å². The number of nitrogens with one attached hydrogen (secondary N) is 1. The van der Waals surface area contributed by atoms with Gasteiger partial charge in [-0.25, -0.2) is 9.78 Å². The van der Waals surface area contributed by atoms with E-state index in [0.717, 1.165) is 25.7 Å². The molecular weight excluding hydrogens is 460 g/mol. The molecule has 3 aromatic rings. The molecule has 1 spiro atoms. The van der Waals surface area contributed by atoms with Crippen molar-refractivity contribution in [2.24, 2.45) is 17.8 Å². The fraction of sp³-hybridized carbons (Fsp3) is 0.536. The van der Waals surface area contributed by atoms with E-state index < -0.39 is 11.8 Å². The summed E-state index contributed by atoms with van der Waals surface area (Å²) in [6.07, 6.45) is 5.31. The standard InChI is InChI=1S/C28H34N2O6/c1-16-10-12-28(13-11-17(2)26(36-28)18(3)25(31)20-8-6-14-29-20)35-22(16)15-23-30-24-19(27(32)33-4)7-5-9-21(24)34-23/h5-9,14,16-18,22,26,29H,10-13,15H2,1-4H3/t16-,17-,18-,22-,26+,28+/m0/s1. The van der Waals surface area contributed by atoms with Crippen molar-refractivity contribution in [3.05, 3.63) is 53.7 Å². The minimum Gasteiger partial charge on any atom is -0.465 e. The van der Waals surface area contributed by atoms with Gasteiger partial charge >= 0.3 is 5.97 Å². The molecule has 0 aliphatic carbocycles. The molecule has 0 amide bonds. The number of esters is 1. The number of benzene rings is 1. The first-order valence-electron chi connectivity index (χ1n) is 12.8.